The van der Waals surface area contributed by atoms with Crippen LogP contribution in [0.4, 0.5) is 18.9 Å². The average Bonchev–Trinajstić information content (AvgIpc) is 2.02. The van der Waals surface area contributed by atoms with Crippen molar-refractivity contribution in [2.45, 2.75) is 6.18 Å². The second kappa shape index (κ2) is 3.95. The van der Waals surface area contributed by atoms with Gasteiger partial charge in [-0.05, 0) is 22.0 Å². The monoisotopic (exact) mass is 268 g/mol. The maximum absolute atomic E-state index is 11.8. The molecule has 1 heterocycles. The first kappa shape index (κ1) is 11.0. The molecule has 0 aromatic carbocycles. The molecule has 0 radical (unpaired) electrons. The van der Waals surface area contributed by atoms with Crippen molar-refractivity contribution < 1.29 is 18.0 Å². The van der Waals surface area contributed by atoms with E-state index in [0.717, 1.165) is 6.20 Å². The van der Waals surface area contributed by atoms with Gasteiger partial charge in [0.05, 0.1) is 11.9 Å². The van der Waals surface area contributed by atoms with E-state index in [0.29, 0.717) is 4.47 Å². The van der Waals surface area contributed by atoms with Gasteiger partial charge in [-0.25, -0.2) is 0 Å². The molecule has 0 aliphatic heterocycles. The molecule has 0 bridgehead atoms. The van der Waals surface area contributed by atoms with Gasteiger partial charge in [0.15, 0.2) is 0 Å². The van der Waals surface area contributed by atoms with E-state index in [9.17, 15) is 18.0 Å². The first-order valence-corrected chi connectivity index (χ1v) is 4.17. The number of hydrogen-bond donors (Lipinski definition) is 1. The Hall–Kier alpha value is -1.11. The highest BCUT2D eigenvalue weighted by molar-refractivity contribution is 9.10. The number of alkyl halides is 3. The lowest BCUT2D eigenvalue weighted by atomic mass is 10.4. The van der Waals surface area contributed by atoms with Crippen LogP contribution in [0.25, 0.3) is 0 Å². The molecule has 76 valence electrons. The number of anilines is 1. The SMILES string of the molecule is O=C(Nc1cncc(Br)c1)C(F)(F)F. The summed E-state index contributed by atoms with van der Waals surface area (Å²) in [5, 5.41) is 1.67. The van der Waals surface area contributed by atoms with Crippen molar-refractivity contribution in [2.75, 3.05) is 5.32 Å². The summed E-state index contributed by atoms with van der Waals surface area (Å²) in [6, 6.07) is 1.32. The molecule has 3 nitrogen and oxygen atoms in total. The van der Waals surface area contributed by atoms with Crippen LogP contribution in [0.3, 0.4) is 0 Å². The molecule has 0 spiro atoms. The Kier molecular flexibility index (Phi) is 3.10. The predicted octanol–water partition coefficient (Wildman–Crippen LogP) is 2.34. The van der Waals surface area contributed by atoms with Gasteiger partial charge in [0, 0.05) is 10.7 Å². The van der Waals surface area contributed by atoms with Crippen molar-refractivity contribution in [2.24, 2.45) is 0 Å². The number of aromatic nitrogens is 1. The number of rotatable bonds is 1. The van der Waals surface area contributed by atoms with E-state index in [2.05, 4.69) is 20.9 Å². The van der Waals surface area contributed by atoms with Gasteiger partial charge in [0.2, 0.25) is 0 Å². The molecule has 0 unspecified atom stereocenters. The molecule has 0 saturated carbocycles. The lowest BCUT2D eigenvalue weighted by Crippen LogP contribution is -2.29. The number of carbonyl (C=O) groups excluding carboxylic acids is 1. The predicted molar refractivity (Wildman–Crippen MR) is 46.6 cm³/mol. The second-order valence-electron chi connectivity index (χ2n) is 2.34. The van der Waals surface area contributed by atoms with Crippen molar-refractivity contribution in [3.05, 3.63) is 22.9 Å². The normalized spacial score (nSPS) is 11.1. The van der Waals surface area contributed by atoms with E-state index in [1.165, 1.54) is 12.3 Å². The van der Waals surface area contributed by atoms with Gasteiger partial charge < -0.3 is 5.32 Å². The summed E-state index contributed by atoms with van der Waals surface area (Å²) in [4.78, 5) is 14.1. The fraction of sp³-hybridized carbons (Fsp3) is 0.143. The van der Waals surface area contributed by atoms with Crippen molar-refractivity contribution >= 4 is 27.5 Å². The molecule has 7 heteroatoms. The molecule has 0 aliphatic carbocycles. The Morgan fingerprint density at radius 1 is 1.43 bits per heavy atom. The average molecular weight is 269 g/mol. The summed E-state index contributed by atoms with van der Waals surface area (Å²) in [6.07, 6.45) is -2.38. The summed E-state index contributed by atoms with van der Waals surface area (Å²) >= 11 is 3.01. The molecule has 0 saturated heterocycles. The van der Waals surface area contributed by atoms with Gasteiger partial charge in [0.25, 0.3) is 0 Å². The van der Waals surface area contributed by atoms with E-state index in [-0.39, 0.29) is 5.69 Å². The van der Waals surface area contributed by atoms with E-state index in [1.54, 1.807) is 5.32 Å². The minimum Gasteiger partial charge on any atom is -0.317 e. The number of pyridine rings is 1. The van der Waals surface area contributed by atoms with Gasteiger partial charge in [-0.2, -0.15) is 13.2 Å². The van der Waals surface area contributed by atoms with Crippen LogP contribution in [0.15, 0.2) is 22.9 Å². The molecule has 1 aromatic rings. The fourth-order valence-electron chi connectivity index (χ4n) is 0.682. The van der Waals surface area contributed by atoms with Crippen molar-refractivity contribution in [1.82, 2.24) is 4.98 Å². The lowest BCUT2D eigenvalue weighted by Gasteiger charge is -2.07. The maximum atomic E-state index is 11.8. The molecule has 1 rings (SSSR count). The third kappa shape index (κ3) is 2.99. The minimum absolute atomic E-state index is 0.0123. The van der Waals surface area contributed by atoms with Crippen molar-refractivity contribution in [1.29, 1.82) is 0 Å². The van der Waals surface area contributed by atoms with Gasteiger partial charge in [-0.3, -0.25) is 9.78 Å². The Labute approximate surface area is 85.5 Å². The molecular formula is C7H4BrF3N2O. The molecule has 0 fully saturated rings. The zero-order valence-corrected chi connectivity index (χ0v) is 8.19. The lowest BCUT2D eigenvalue weighted by molar-refractivity contribution is -0.167. The van der Waals surface area contributed by atoms with Crippen LogP contribution in [-0.4, -0.2) is 17.1 Å². The van der Waals surface area contributed by atoms with Crippen molar-refractivity contribution in [3.63, 3.8) is 0 Å². The number of carbonyl (C=O) groups is 1. The smallest absolute Gasteiger partial charge is 0.317 e. The first-order chi connectivity index (χ1) is 6.39. The van der Waals surface area contributed by atoms with Gasteiger partial charge in [0.1, 0.15) is 0 Å². The van der Waals surface area contributed by atoms with Crippen LogP contribution in [0, 0.1) is 0 Å². The Balaban J connectivity index is 2.75. The van der Waals surface area contributed by atoms with Gasteiger partial charge >= 0.3 is 12.1 Å². The molecular weight excluding hydrogens is 265 g/mol. The van der Waals surface area contributed by atoms with E-state index >= 15 is 0 Å². The number of nitrogens with one attached hydrogen (secondary N) is 1. The van der Waals surface area contributed by atoms with Crippen molar-refractivity contribution in [3.8, 4) is 0 Å². The summed E-state index contributed by atoms with van der Waals surface area (Å²) in [5.41, 5.74) is -0.0123. The van der Waals surface area contributed by atoms with Crippen LogP contribution < -0.4 is 5.32 Å². The van der Waals surface area contributed by atoms with Gasteiger partial charge in [-0.1, -0.05) is 0 Å². The molecule has 1 aromatic heterocycles. The van der Waals surface area contributed by atoms with Crippen LogP contribution in [0.2, 0.25) is 0 Å². The maximum Gasteiger partial charge on any atom is 0.471 e. The molecule has 14 heavy (non-hydrogen) atoms. The van der Waals surface area contributed by atoms with Crippen LogP contribution in [0.1, 0.15) is 0 Å². The number of amides is 1. The third-order valence-electron chi connectivity index (χ3n) is 1.22. The number of nitrogens with zero attached hydrogens (tertiary/aromatic N) is 1. The van der Waals surface area contributed by atoms with E-state index in [1.807, 2.05) is 0 Å². The highest BCUT2D eigenvalue weighted by Gasteiger charge is 2.38. The highest BCUT2D eigenvalue weighted by Crippen LogP contribution is 2.19. The van der Waals surface area contributed by atoms with Crippen LogP contribution in [0.5, 0.6) is 0 Å². The first-order valence-electron chi connectivity index (χ1n) is 3.38. The Bertz CT molecular complexity index is 353. The summed E-state index contributed by atoms with van der Waals surface area (Å²) in [6.45, 7) is 0. The zero-order chi connectivity index (χ0) is 10.8. The van der Waals surface area contributed by atoms with Crippen LogP contribution in [-0.2, 0) is 4.79 Å². The van der Waals surface area contributed by atoms with E-state index in [4.69, 9.17) is 0 Å². The number of hydrogen-bond acceptors (Lipinski definition) is 2. The summed E-state index contributed by atoms with van der Waals surface area (Å²) in [7, 11) is 0. The summed E-state index contributed by atoms with van der Waals surface area (Å²) < 4.78 is 35.9. The largest absolute Gasteiger partial charge is 0.471 e. The molecule has 0 atom stereocenters. The Morgan fingerprint density at radius 2 is 2.07 bits per heavy atom. The van der Waals surface area contributed by atoms with E-state index < -0.39 is 12.1 Å². The minimum atomic E-state index is -4.89. The standard InChI is InChI=1S/C7H4BrF3N2O/c8-4-1-5(3-12-2-4)13-6(14)7(9,10)11/h1-3H,(H,13,14). The quantitative estimate of drug-likeness (QED) is 0.850. The Morgan fingerprint density at radius 3 is 2.57 bits per heavy atom. The molecule has 1 N–H and O–H groups in total. The number of halogens is 4. The molecule has 1 amide bonds. The second-order valence-corrected chi connectivity index (χ2v) is 3.26. The molecule has 0 aliphatic rings. The third-order valence-corrected chi connectivity index (χ3v) is 1.65. The topological polar surface area (TPSA) is 42.0 Å². The van der Waals surface area contributed by atoms with Gasteiger partial charge in [-0.15, -0.1) is 0 Å². The van der Waals surface area contributed by atoms with Crippen LogP contribution >= 0.6 is 15.9 Å². The fourth-order valence-corrected chi connectivity index (χ4v) is 1.05. The zero-order valence-electron chi connectivity index (χ0n) is 6.60. The highest BCUT2D eigenvalue weighted by atomic mass is 79.9. The summed E-state index contributed by atoms with van der Waals surface area (Å²) in [5.74, 6) is -2.02.